The van der Waals surface area contributed by atoms with Crippen LogP contribution in [0, 0.1) is 0 Å². The van der Waals surface area contributed by atoms with Gasteiger partial charge in [0, 0.05) is 11.0 Å². The highest BCUT2D eigenvalue weighted by atomic mass is 79.9. The lowest BCUT2D eigenvalue weighted by atomic mass is 10.0. The smallest absolute Gasteiger partial charge is 0.326 e. The largest absolute Gasteiger partial charge is 0.481 e. The second kappa shape index (κ2) is 6.93. The molecular formula is C15H18BrNO4. The number of carbonyl (C=O) groups is 2. The van der Waals surface area contributed by atoms with Crippen LogP contribution in [0.15, 0.2) is 28.7 Å². The minimum absolute atomic E-state index is 0.276. The summed E-state index contributed by atoms with van der Waals surface area (Å²) >= 11 is 3.34. The Morgan fingerprint density at radius 3 is 2.86 bits per heavy atom. The molecule has 1 fully saturated rings. The molecule has 6 heteroatoms. The molecule has 5 nitrogen and oxygen atoms in total. The van der Waals surface area contributed by atoms with E-state index in [1.165, 1.54) is 4.90 Å². The van der Waals surface area contributed by atoms with Gasteiger partial charge in [0.15, 0.2) is 6.10 Å². The number of hydrogen-bond acceptors (Lipinski definition) is 3. The van der Waals surface area contributed by atoms with Gasteiger partial charge in [0.25, 0.3) is 5.91 Å². The summed E-state index contributed by atoms with van der Waals surface area (Å²) in [6.45, 7) is 2.12. The van der Waals surface area contributed by atoms with Gasteiger partial charge in [-0.05, 0) is 44.4 Å². The normalized spacial score (nSPS) is 19.9. The van der Waals surface area contributed by atoms with Crippen LogP contribution in [0.4, 0.5) is 0 Å². The van der Waals surface area contributed by atoms with Crippen molar-refractivity contribution in [2.45, 2.75) is 38.3 Å². The summed E-state index contributed by atoms with van der Waals surface area (Å²) in [6.07, 6.45) is 1.46. The van der Waals surface area contributed by atoms with Crippen molar-refractivity contribution in [2.75, 3.05) is 6.54 Å². The lowest BCUT2D eigenvalue weighted by Crippen LogP contribution is -2.52. The maximum absolute atomic E-state index is 12.4. The third kappa shape index (κ3) is 3.97. The lowest BCUT2D eigenvalue weighted by molar-refractivity contribution is -0.155. The second-order valence-corrected chi connectivity index (χ2v) is 6.01. The fourth-order valence-corrected chi connectivity index (χ4v) is 2.86. The Labute approximate surface area is 132 Å². The van der Waals surface area contributed by atoms with Crippen LogP contribution in [0.25, 0.3) is 0 Å². The Bertz CT molecular complexity index is 534. The van der Waals surface area contributed by atoms with E-state index in [0.29, 0.717) is 18.7 Å². The number of halogens is 1. The van der Waals surface area contributed by atoms with Gasteiger partial charge in [-0.25, -0.2) is 4.79 Å². The Hall–Kier alpha value is -1.56. The maximum Gasteiger partial charge on any atom is 0.326 e. The van der Waals surface area contributed by atoms with E-state index in [2.05, 4.69) is 15.9 Å². The molecule has 114 valence electrons. The molecule has 0 saturated carbocycles. The van der Waals surface area contributed by atoms with Crippen molar-refractivity contribution in [3.05, 3.63) is 28.7 Å². The van der Waals surface area contributed by atoms with E-state index in [1.807, 2.05) is 12.1 Å². The molecule has 1 N–H and O–H groups in total. The van der Waals surface area contributed by atoms with Crippen molar-refractivity contribution in [1.29, 1.82) is 0 Å². The molecule has 2 unspecified atom stereocenters. The molecule has 21 heavy (non-hydrogen) atoms. The fraction of sp³-hybridized carbons (Fsp3) is 0.467. The topological polar surface area (TPSA) is 66.8 Å². The first-order valence-electron chi connectivity index (χ1n) is 6.94. The van der Waals surface area contributed by atoms with Gasteiger partial charge < -0.3 is 14.7 Å². The summed E-state index contributed by atoms with van der Waals surface area (Å²) in [5.74, 6) is -0.645. The number of carbonyl (C=O) groups excluding carboxylic acids is 1. The molecule has 1 aliphatic rings. The Kier molecular flexibility index (Phi) is 5.22. The number of rotatable bonds is 4. The number of hydrogen-bond donors (Lipinski definition) is 1. The van der Waals surface area contributed by atoms with Gasteiger partial charge in [0.1, 0.15) is 11.8 Å². The average molecular weight is 356 g/mol. The number of carboxylic acids is 1. The van der Waals surface area contributed by atoms with Crippen molar-refractivity contribution in [2.24, 2.45) is 0 Å². The molecule has 0 aliphatic carbocycles. The van der Waals surface area contributed by atoms with Crippen molar-refractivity contribution in [3.8, 4) is 5.75 Å². The number of ether oxygens (including phenoxy) is 1. The number of aliphatic carboxylic acids is 1. The van der Waals surface area contributed by atoms with Gasteiger partial charge in [0.05, 0.1) is 0 Å². The van der Waals surface area contributed by atoms with Crippen LogP contribution in [0.2, 0.25) is 0 Å². The predicted molar refractivity (Wildman–Crippen MR) is 81.2 cm³/mol. The summed E-state index contributed by atoms with van der Waals surface area (Å²) in [4.78, 5) is 25.1. The van der Waals surface area contributed by atoms with Crippen LogP contribution in [-0.4, -0.2) is 40.6 Å². The van der Waals surface area contributed by atoms with Gasteiger partial charge in [-0.2, -0.15) is 0 Å². The van der Waals surface area contributed by atoms with Crippen LogP contribution in [0.5, 0.6) is 5.75 Å². The zero-order chi connectivity index (χ0) is 15.4. The molecule has 0 bridgehead atoms. The monoisotopic (exact) mass is 355 g/mol. The van der Waals surface area contributed by atoms with Crippen LogP contribution in [0.3, 0.4) is 0 Å². The molecule has 0 aromatic heterocycles. The molecule has 1 heterocycles. The Morgan fingerprint density at radius 1 is 1.43 bits per heavy atom. The lowest BCUT2D eigenvalue weighted by Gasteiger charge is -2.34. The van der Waals surface area contributed by atoms with E-state index in [9.17, 15) is 14.7 Å². The highest BCUT2D eigenvalue weighted by Crippen LogP contribution is 2.22. The van der Waals surface area contributed by atoms with Crippen molar-refractivity contribution >= 4 is 27.8 Å². The Balaban J connectivity index is 2.05. The van der Waals surface area contributed by atoms with E-state index in [-0.39, 0.29) is 5.91 Å². The van der Waals surface area contributed by atoms with Gasteiger partial charge in [-0.3, -0.25) is 4.79 Å². The van der Waals surface area contributed by atoms with Crippen molar-refractivity contribution < 1.29 is 19.4 Å². The maximum atomic E-state index is 12.4. The van der Waals surface area contributed by atoms with E-state index < -0.39 is 18.1 Å². The molecule has 0 radical (unpaired) electrons. The molecule has 1 aromatic carbocycles. The number of benzene rings is 1. The van der Waals surface area contributed by atoms with E-state index >= 15 is 0 Å². The molecule has 1 aromatic rings. The van der Waals surface area contributed by atoms with Crippen LogP contribution < -0.4 is 4.74 Å². The van der Waals surface area contributed by atoms with Crippen LogP contribution in [-0.2, 0) is 9.59 Å². The first kappa shape index (κ1) is 15.8. The third-order valence-corrected chi connectivity index (χ3v) is 4.02. The minimum Gasteiger partial charge on any atom is -0.481 e. The molecule has 1 amide bonds. The zero-order valence-electron chi connectivity index (χ0n) is 11.8. The molecule has 2 atom stereocenters. The first-order valence-corrected chi connectivity index (χ1v) is 7.74. The van der Waals surface area contributed by atoms with E-state index in [4.69, 9.17) is 4.74 Å². The second-order valence-electron chi connectivity index (χ2n) is 5.10. The summed E-state index contributed by atoms with van der Waals surface area (Å²) in [6, 6.07) is 6.48. The predicted octanol–water partition coefficient (Wildman–Crippen LogP) is 2.68. The highest BCUT2D eigenvalue weighted by Gasteiger charge is 2.34. The van der Waals surface area contributed by atoms with Gasteiger partial charge in [0.2, 0.25) is 0 Å². The van der Waals surface area contributed by atoms with Gasteiger partial charge in [-0.15, -0.1) is 0 Å². The number of nitrogens with zero attached hydrogens (tertiary/aromatic N) is 1. The van der Waals surface area contributed by atoms with Gasteiger partial charge >= 0.3 is 5.97 Å². The quantitative estimate of drug-likeness (QED) is 0.901. The molecule has 1 aliphatic heterocycles. The number of carboxylic acid groups (broad SMARTS) is 1. The summed E-state index contributed by atoms with van der Waals surface area (Å²) in [5, 5.41) is 9.22. The molecule has 2 rings (SSSR count). The van der Waals surface area contributed by atoms with Crippen LogP contribution >= 0.6 is 15.9 Å². The summed E-state index contributed by atoms with van der Waals surface area (Å²) in [5.41, 5.74) is 0. The SMILES string of the molecule is CC(Oc1cccc(Br)c1)C(=O)N1CCCCC1C(=O)O. The first-order chi connectivity index (χ1) is 9.99. The number of likely N-dealkylation sites (tertiary alicyclic amines) is 1. The minimum atomic E-state index is -0.947. The van der Waals surface area contributed by atoms with E-state index in [0.717, 1.165) is 17.3 Å². The van der Waals surface area contributed by atoms with Gasteiger partial charge in [-0.1, -0.05) is 22.0 Å². The summed E-state index contributed by atoms with van der Waals surface area (Å²) in [7, 11) is 0. The number of piperidine rings is 1. The van der Waals surface area contributed by atoms with Crippen LogP contribution in [0.1, 0.15) is 26.2 Å². The standard InChI is InChI=1S/C15H18BrNO4/c1-10(21-12-6-4-5-11(16)9-12)14(18)17-8-3-2-7-13(17)15(19)20/h4-6,9-10,13H,2-3,7-8H2,1H3,(H,19,20). The fourth-order valence-electron chi connectivity index (χ4n) is 2.48. The van der Waals surface area contributed by atoms with E-state index in [1.54, 1.807) is 19.1 Å². The van der Waals surface area contributed by atoms with Crippen molar-refractivity contribution in [3.63, 3.8) is 0 Å². The zero-order valence-corrected chi connectivity index (χ0v) is 13.4. The molecular weight excluding hydrogens is 338 g/mol. The molecule has 1 saturated heterocycles. The highest BCUT2D eigenvalue weighted by molar-refractivity contribution is 9.10. The van der Waals surface area contributed by atoms with Crippen molar-refractivity contribution in [1.82, 2.24) is 4.90 Å². The third-order valence-electron chi connectivity index (χ3n) is 3.53. The molecule has 0 spiro atoms. The summed E-state index contributed by atoms with van der Waals surface area (Å²) < 4.78 is 6.49. The average Bonchev–Trinajstić information content (AvgIpc) is 2.46. The number of amides is 1. The Morgan fingerprint density at radius 2 is 2.19 bits per heavy atom.